The van der Waals surface area contributed by atoms with E-state index in [-0.39, 0.29) is 23.7 Å². The first-order valence-electron chi connectivity index (χ1n) is 18.3. The van der Waals surface area contributed by atoms with Gasteiger partial charge in [-0.1, -0.05) is 180 Å². The summed E-state index contributed by atoms with van der Waals surface area (Å²) < 4.78 is 11.0. The predicted molar refractivity (Wildman–Crippen MR) is 186 cm³/mol. The number of rotatable bonds is 33. The van der Waals surface area contributed by atoms with Crippen LogP contribution in [-0.4, -0.2) is 35.6 Å². The summed E-state index contributed by atoms with van der Waals surface area (Å²) in [5.74, 6) is -0.177. The minimum atomic E-state index is -0.570. The molecule has 7 heteroatoms. The van der Waals surface area contributed by atoms with E-state index in [1.165, 1.54) is 135 Å². The van der Waals surface area contributed by atoms with E-state index in [0.717, 1.165) is 43.9 Å². The number of nitrogens with two attached hydrogens (primary N) is 1. The summed E-state index contributed by atoms with van der Waals surface area (Å²) in [5, 5.41) is 7.43. The average molecular weight is 627 g/mol. The zero-order valence-electron chi connectivity index (χ0n) is 28.4. The number of carbonyl (C=O) groups excluding carboxylic acids is 2. The first-order chi connectivity index (χ1) is 21.0. The molecule has 0 bridgehead atoms. The van der Waals surface area contributed by atoms with E-state index >= 15 is 0 Å². The number of unbranched alkanes of at least 4 members (excludes halogenated alkanes) is 24. The van der Waals surface area contributed by atoms with Crippen LogP contribution in [0.2, 0.25) is 0 Å². The summed E-state index contributed by atoms with van der Waals surface area (Å²) in [6, 6.07) is 0. The van der Waals surface area contributed by atoms with E-state index in [1.54, 1.807) is 0 Å². The third-order valence-electron chi connectivity index (χ3n) is 8.12. The molecule has 0 amide bonds. The summed E-state index contributed by atoms with van der Waals surface area (Å²) in [4.78, 5) is 24.6. The zero-order chi connectivity index (χ0) is 31.6. The Morgan fingerprint density at radius 3 is 1.23 bits per heavy atom. The Balaban J connectivity index is 3.84. The van der Waals surface area contributed by atoms with Gasteiger partial charge in [-0.2, -0.15) is 0 Å². The highest BCUT2D eigenvalue weighted by molar-refractivity contribution is 8.13. The lowest BCUT2D eigenvalue weighted by atomic mass is 10.0. The van der Waals surface area contributed by atoms with Gasteiger partial charge in [0.1, 0.15) is 12.7 Å². The maximum atomic E-state index is 12.4. The Morgan fingerprint density at radius 1 is 0.558 bits per heavy atom. The molecule has 0 aromatic carbocycles. The molecule has 0 aromatic rings. The molecule has 0 heterocycles. The van der Waals surface area contributed by atoms with Gasteiger partial charge < -0.3 is 15.2 Å². The van der Waals surface area contributed by atoms with Crippen molar-refractivity contribution in [3.63, 3.8) is 0 Å². The van der Waals surface area contributed by atoms with E-state index in [4.69, 9.17) is 20.6 Å². The molecule has 0 aromatic heterocycles. The van der Waals surface area contributed by atoms with Crippen LogP contribution < -0.4 is 5.73 Å². The van der Waals surface area contributed by atoms with Crippen molar-refractivity contribution in [2.45, 2.75) is 200 Å². The highest BCUT2D eigenvalue weighted by atomic mass is 32.2. The van der Waals surface area contributed by atoms with Gasteiger partial charge >= 0.3 is 11.9 Å². The van der Waals surface area contributed by atoms with Gasteiger partial charge in [0.25, 0.3) is 0 Å². The summed E-state index contributed by atoms with van der Waals surface area (Å²) in [6.45, 7) is 4.55. The van der Waals surface area contributed by atoms with Crippen LogP contribution in [0.4, 0.5) is 0 Å². The minimum absolute atomic E-state index is 0.0297. The van der Waals surface area contributed by atoms with Crippen molar-refractivity contribution in [1.29, 1.82) is 5.41 Å². The molecule has 0 aliphatic heterocycles. The lowest BCUT2D eigenvalue weighted by molar-refractivity contribution is -0.157. The fraction of sp³-hybridized carbons (Fsp3) is 0.917. The number of thioether (sulfide) groups is 1. The molecule has 6 nitrogen and oxygen atoms in total. The number of hydrogen-bond donors (Lipinski definition) is 2. The summed E-state index contributed by atoms with van der Waals surface area (Å²) in [5.41, 5.74) is 5.48. The topological polar surface area (TPSA) is 102 Å². The van der Waals surface area contributed by atoms with Crippen LogP contribution in [0, 0.1) is 5.41 Å². The molecular weight excluding hydrogens is 556 g/mol. The predicted octanol–water partition coefficient (Wildman–Crippen LogP) is 11.0. The largest absolute Gasteiger partial charge is 0.462 e. The normalized spacial score (nSPS) is 11.9. The van der Waals surface area contributed by atoms with Crippen molar-refractivity contribution in [3.05, 3.63) is 0 Å². The standard InChI is InChI=1S/C36H70N2O4S/c1-3-5-7-9-11-13-15-17-19-21-23-25-27-29-34(39)41-31-33(32-43-36(37)38)42-35(40)30-28-26-24-22-20-18-16-14-12-10-8-6-4-2/h33H,3-32H2,1-2H3,(H3,37,38). The molecule has 0 aliphatic carbocycles. The van der Waals surface area contributed by atoms with Gasteiger partial charge in [0.05, 0.1) is 0 Å². The lowest BCUT2D eigenvalue weighted by Gasteiger charge is -2.17. The third-order valence-corrected chi connectivity index (χ3v) is 8.97. The number of hydrogen-bond acceptors (Lipinski definition) is 6. The highest BCUT2D eigenvalue weighted by Crippen LogP contribution is 2.15. The molecule has 0 radical (unpaired) electrons. The molecule has 3 N–H and O–H groups in total. The smallest absolute Gasteiger partial charge is 0.306 e. The average Bonchev–Trinajstić information content (AvgIpc) is 2.99. The fourth-order valence-electron chi connectivity index (χ4n) is 5.38. The van der Waals surface area contributed by atoms with E-state index in [1.807, 2.05) is 0 Å². The number of carbonyl (C=O) groups is 2. The van der Waals surface area contributed by atoms with Crippen molar-refractivity contribution < 1.29 is 19.1 Å². The molecule has 0 spiro atoms. The van der Waals surface area contributed by atoms with E-state index in [2.05, 4.69) is 13.8 Å². The number of esters is 2. The van der Waals surface area contributed by atoms with Crippen molar-refractivity contribution in [1.82, 2.24) is 0 Å². The summed E-state index contributed by atoms with van der Waals surface area (Å²) >= 11 is 1.11. The van der Waals surface area contributed by atoms with Gasteiger partial charge in [-0.15, -0.1) is 0 Å². The quantitative estimate of drug-likeness (QED) is 0.0325. The van der Waals surface area contributed by atoms with Gasteiger partial charge in [-0.05, 0) is 12.8 Å². The second kappa shape index (κ2) is 33.6. The van der Waals surface area contributed by atoms with Gasteiger partial charge in [0, 0.05) is 18.6 Å². The third kappa shape index (κ3) is 33.5. The van der Waals surface area contributed by atoms with E-state index < -0.39 is 6.10 Å². The maximum Gasteiger partial charge on any atom is 0.306 e. The molecule has 0 aliphatic rings. The molecule has 43 heavy (non-hydrogen) atoms. The van der Waals surface area contributed by atoms with Crippen molar-refractivity contribution >= 4 is 28.9 Å². The molecule has 0 rings (SSSR count). The fourth-order valence-corrected chi connectivity index (χ4v) is 5.91. The van der Waals surface area contributed by atoms with Crippen LogP contribution in [0.1, 0.15) is 194 Å². The van der Waals surface area contributed by atoms with Crippen LogP contribution in [0.15, 0.2) is 0 Å². The minimum Gasteiger partial charge on any atom is -0.462 e. The highest BCUT2D eigenvalue weighted by Gasteiger charge is 2.18. The van der Waals surface area contributed by atoms with Gasteiger partial charge in [0.2, 0.25) is 0 Å². The molecule has 254 valence electrons. The Hall–Kier alpha value is -1.24. The van der Waals surface area contributed by atoms with E-state index in [0.29, 0.717) is 18.6 Å². The van der Waals surface area contributed by atoms with Crippen molar-refractivity contribution in [2.75, 3.05) is 12.4 Å². The van der Waals surface area contributed by atoms with Crippen LogP contribution in [0.3, 0.4) is 0 Å². The van der Waals surface area contributed by atoms with Gasteiger partial charge in [0.15, 0.2) is 5.17 Å². The lowest BCUT2D eigenvalue weighted by Crippen LogP contribution is -2.28. The van der Waals surface area contributed by atoms with Crippen LogP contribution >= 0.6 is 11.8 Å². The van der Waals surface area contributed by atoms with E-state index in [9.17, 15) is 9.59 Å². The Bertz CT molecular complexity index is 647. The number of amidine groups is 1. The Kier molecular flexibility index (Phi) is 32.7. The monoisotopic (exact) mass is 627 g/mol. The molecule has 1 unspecified atom stereocenters. The molecule has 0 fully saturated rings. The summed E-state index contributed by atoms with van der Waals surface area (Å²) in [6.07, 6.45) is 33.1. The van der Waals surface area contributed by atoms with Crippen molar-refractivity contribution in [2.24, 2.45) is 5.73 Å². The Labute approximate surface area is 270 Å². The Morgan fingerprint density at radius 2 is 0.884 bits per heavy atom. The first kappa shape index (κ1) is 41.8. The molecular formula is C36H70N2O4S. The SMILES string of the molecule is CCCCCCCCCCCCCCCC(=O)OCC(CSC(=N)N)OC(=O)CCCCCCCCCCCCCCC. The summed E-state index contributed by atoms with van der Waals surface area (Å²) in [7, 11) is 0. The second-order valence-electron chi connectivity index (χ2n) is 12.5. The maximum absolute atomic E-state index is 12.4. The number of ether oxygens (including phenoxy) is 2. The number of nitrogens with one attached hydrogen (secondary N) is 1. The van der Waals surface area contributed by atoms with Crippen LogP contribution in [-0.2, 0) is 19.1 Å². The first-order valence-corrected chi connectivity index (χ1v) is 19.3. The molecule has 0 saturated carbocycles. The molecule has 0 saturated heterocycles. The zero-order valence-corrected chi connectivity index (χ0v) is 29.2. The van der Waals surface area contributed by atoms with Crippen molar-refractivity contribution in [3.8, 4) is 0 Å². The van der Waals surface area contributed by atoms with Crippen LogP contribution in [0.25, 0.3) is 0 Å². The van der Waals surface area contributed by atoms with Gasteiger partial charge in [-0.3, -0.25) is 15.0 Å². The van der Waals surface area contributed by atoms with Crippen LogP contribution in [0.5, 0.6) is 0 Å². The second-order valence-corrected chi connectivity index (χ2v) is 13.5. The van der Waals surface area contributed by atoms with Gasteiger partial charge in [-0.25, -0.2) is 0 Å². The molecule has 1 atom stereocenters.